The van der Waals surface area contributed by atoms with Crippen LogP contribution in [0.15, 0.2) is 29.4 Å². The minimum absolute atomic E-state index is 0.154. The van der Waals surface area contributed by atoms with E-state index in [0.29, 0.717) is 23.0 Å². The third-order valence-electron chi connectivity index (χ3n) is 3.59. The lowest BCUT2D eigenvalue weighted by atomic mass is 10.2. The molecule has 0 saturated carbocycles. The fraction of sp³-hybridized carbons (Fsp3) is 0.444. The van der Waals surface area contributed by atoms with Crippen LogP contribution in [0.1, 0.15) is 49.8 Å². The van der Waals surface area contributed by atoms with Crippen molar-refractivity contribution in [1.82, 2.24) is 15.2 Å². The SMILES string of the molecule is CCCCc1nc(S[C@H](C)C(=O)Nc2ccc(C(=O)OCC)cc2)n[nH]1. The monoisotopic (exact) mass is 376 g/mol. The number of H-pyrrole nitrogens is 1. The Bertz CT molecular complexity index is 730. The number of aryl methyl sites for hydroxylation is 1. The molecule has 0 aliphatic heterocycles. The van der Waals surface area contributed by atoms with Crippen LogP contribution < -0.4 is 5.32 Å². The number of carbonyl (C=O) groups excluding carboxylic acids is 2. The number of nitrogens with zero attached hydrogens (tertiary/aromatic N) is 2. The van der Waals surface area contributed by atoms with E-state index in [0.717, 1.165) is 25.1 Å². The Morgan fingerprint density at radius 3 is 2.65 bits per heavy atom. The maximum absolute atomic E-state index is 12.3. The second-order valence-electron chi connectivity index (χ2n) is 5.72. The highest BCUT2D eigenvalue weighted by Crippen LogP contribution is 2.21. The highest BCUT2D eigenvalue weighted by atomic mass is 32.2. The summed E-state index contributed by atoms with van der Waals surface area (Å²) >= 11 is 1.30. The number of benzene rings is 1. The van der Waals surface area contributed by atoms with Crippen LogP contribution in [0.2, 0.25) is 0 Å². The van der Waals surface area contributed by atoms with Gasteiger partial charge >= 0.3 is 5.97 Å². The van der Waals surface area contributed by atoms with E-state index in [9.17, 15) is 9.59 Å². The van der Waals surface area contributed by atoms with Crippen LogP contribution in [0, 0.1) is 0 Å². The third kappa shape index (κ3) is 5.87. The highest BCUT2D eigenvalue weighted by molar-refractivity contribution is 8.00. The Labute approximate surface area is 157 Å². The summed E-state index contributed by atoms with van der Waals surface area (Å²) in [6.45, 7) is 6.01. The molecular weight excluding hydrogens is 352 g/mol. The Kier molecular flexibility index (Phi) is 7.65. The first kappa shape index (κ1) is 20.0. The molecule has 0 aliphatic rings. The number of hydrogen-bond acceptors (Lipinski definition) is 6. The van der Waals surface area contributed by atoms with E-state index < -0.39 is 0 Å². The molecule has 0 fully saturated rings. The number of aromatic amines is 1. The van der Waals surface area contributed by atoms with Gasteiger partial charge in [0.1, 0.15) is 5.82 Å². The Morgan fingerprint density at radius 1 is 1.27 bits per heavy atom. The smallest absolute Gasteiger partial charge is 0.338 e. The standard InChI is InChI=1S/C18H24N4O3S/c1-4-6-7-15-20-18(22-21-15)26-12(3)16(23)19-14-10-8-13(9-11-14)17(24)25-5-2/h8-12H,4-7H2,1-3H3,(H,19,23)(H,20,21,22)/t12-/m1/s1. The number of rotatable bonds is 9. The maximum atomic E-state index is 12.3. The van der Waals surface area contributed by atoms with E-state index in [4.69, 9.17) is 4.74 Å². The normalized spacial score (nSPS) is 11.8. The fourth-order valence-electron chi connectivity index (χ4n) is 2.15. The van der Waals surface area contributed by atoms with Crippen LogP contribution in [-0.4, -0.2) is 38.9 Å². The van der Waals surface area contributed by atoms with E-state index in [2.05, 4.69) is 27.4 Å². The Balaban J connectivity index is 1.88. The molecule has 0 radical (unpaired) electrons. The molecule has 140 valence electrons. The first-order chi connectivity index (χ1) is 12.5. The van der Waals surface area contributed by atoms with E-state index in [-0.39, 0.29) is 17.1 Å². The second kappa shape index (κ2) is 9.96. The zero-order valence-corrected chi connectivity index (χ0v) is 16.1. The number of anilines is 1. The molecule has 7 nitrogen and oxygen atoms in total. The molecule has 2 aromatic rings. The highest BCUT2D eigenvalue weighted by Gasteiger charge is 2.17. The van der Waals surface area contributed by atoms with E-state index in [1.807, 2.05) is 0 Å². The first-order valence-corrected chi connectivity index (χ1v) is 9.57. The van der Waals surface area contributed by atoms with Gasteiger partial charge in [-0.3, -0.25) is 9.89 Å². The van der Waals surface area contributed by atoms with Crippen molar-refractivity contribution in [2.75, 3.05) is 11.9 Å². The minimum atomic E-state index is -0.377. The summed E-state index contributed by atoms with van der Waals surface area (Å²) in [5.41, 5.74) is 1.07. The lowest BCUT2D eigenvalue weighted by Crippen LogP contribution is -2.22. The van der Waals surface area contributed by atoms with Gasteiger partial charge in [-0.2, -0.15) is 0 Å². The summed E-state index contributed by atoms with van der Waals surface area (Å²) in [7, 11) is 0. The van der Waals surface area contributed by atoms with Crippen molar-refractivity contribution in [2.24, 2.45) is 0 Å². The Morgan fingerprint density at radius 2 is 2.00 bits per heavy atom. The van der Waals surface area contributed by atoms with Gasteiger partial charge in [0, 0.05) is 12.1 Å². The molecule has 0 spiro atoms. The van der Waals surface area contributed by atoms with Crippen LogP contribution in [0.4, 0.5) is 5.69 Å². The summed E-state index contributed by atoms with van der Waals surface area (Å²) in [4.78, 5) is 28.3. The molecule has 1 aromatic heterocycles. The number of unbranched alkanes of at least 4 members (excludes halogenated alkanes) is 1. The van der Waals surface area contributed by atoms with Crippen molar-refractivity contribution in [2.45, 2.75) is 50.4 Å². The molecule has 26 heavy (non-hydrogen) atoms. The maximum Gasteiger partial charge on any atom is 0.338 e. The number of ether oxygens (including phenoxy) is 1. The minimum Gasteiger partial charge on any atom is -0.462 e. The van der Waals surface area contributed by atoms with Gasteiger partial charge in [0.2, 0.25) is 11.1 Å². The van der Waals surface area contributed by atoms with Gasteiger partial charge in [-0.1, -0.05) is 25.1 Å². The topological polar surface area (TPSA) is 97.0 Å². The molecule has 1 atom stereocenters. The number of hydrogen-bond donors (Lipinski definition) is 2. The molecule has 1 amide bonds. The first-order valence-electron chi connectivity index (χ1n) is 8.69. The number of esters is 1. The number of thioether (sulfide) groups is 1. The number of nitrogens with one attached hydrogen (secondary N) is 2. The summed E-state index contributed by atoms with van der Waals surface area (Å²) in [6.07, 6.45) is 3.01. The van der Waals surface area contributed by atoms with Gasteiger partial charge in [-0.05, 0) is 44.5 Å². The lowest BCUT2D eigenvalue weighted by molar-refractivity contribution is -0.115. The number of amides is 1. The predicted molar refractivity (Wildman–Crippen MR) is 101 cm³/mol. The van der Waals surface area contributed by atoms with Crippen molar-refractivity contribution in [3.63, 3.8) is 0 Å². The largest absolute Gasteiger partial charge is 0.462 e. The molecule has 2 N–H and O–H groups in total. The zero-order chi connectivity index (χ0) is 18.9. The fourth-order valence-corrected chi connectivity index (χ4v) is 2.89. The molecule has 0 bridgehead atoms. The second-order valence-corrected chi connectivity index (χ2v) is 7.02. The number of carbonyl (C=O) groups is 2. The average molecular weight is 376 g/mol. The van der Waals surface area contributed by atoms with E-state index in [1.54, 1.807) is 38.1 Å². The van der Waals surface area contributed by atoms with Crippen molar-refractivity contribution < 1.29 is 14.3 Å². The van der Waals surface area contributed by atoms with Gasteiger partial charge in [-0.15, -0.1) is 5.10 Å². The Hall–Kier alpha value is -2.35. The van der Waals surface area contributed by atoms with Crippen LogP contribution in [0.25, 0.3) is 0 Å². The molecule has 1 aromatic carbocycles. The van der Waals surface area contributed by atoms with Crippen LogP contribution in [-0.2, 0) is 16.0 Å². The van der Waals surface area contributed by atoms with Crippen molar-refractivity contribution in [1.29, 1.82) is 0 Å². The zero-order valence-electron chi connectivity index (χ0n) is 15.2. The quantitative estimate of drug-likeness (QED) is 0.514. The third-order valence-corrected chi connectivity index (χ3v) is 4.55. The van der Waals surface area contributed by atoms with E-state index in [1.165, 1.54) is 11.8 Å². The van der Waals surface area contributed by atoms with E-state index >= 15 is 0 Å². The molecular formula is C18H24N4O3S. The molecule has 0 saturated heterocycles. The van der Waals surface area contributed by atoms with Crippen LogP contribution in [0.5, 0.6) is 0 Å². The van der Waals surface area contributed by atoms with Crippen LogP contribution in [0.3, 0.4) is 0 Å². The summed E-state index contributed by atoms with van der Waals surface area (Å²) in [5, 5.41) is 10.1. The summed E-state index contributed by atoms with van der Waals surface area (Å²) < 4.78 is 4.93. The predicted octanol–water partition coefficient (Wildman–Crippen LogP) is 3.44. The molecule has 1 heterocycles. The van der Waals surface area contributed by atoms with Gasteiger partial charge in [-0.25, -0.2) is 9.78 Å². The summed E-state index contributed by atoms with van der Waals surface area (Å²) in [5.74, 6) is 0.313. The van der Waals surface area contributed by atoms with Crippen molar-refractivity contribution in [3.8, 4) is 0 Å². The van der Waals surface area contributed by atoms with Crippen LogP contribution >= 0.6 is 11.8 Å². The molecule has 0 unspecified atom stereocenters. The molecule has 0 aliphatic carbocycles. The number of aromatic nitrogens is 3. The summed E-state index contributed by atoms with van der Waals surface area (Å²) in [6, 6.07) is 6.61. The van der Waals surface area contributed by atoms with Gasteiger partial charge in [0.25, 0.3) is 0 Å². The molecule has 2 rings (SSSR count). The van der Waals surface area contributed by atoms with Crippen molar-refractivity contribution in [3.05, 3.63) is 35.7 Å². The van der Waals surface area contributed by atoms with Crippen molar-refractivity contribution >= 4 is 29.3 Å². The van der Waals surface area contributed by atoms with Gasteiger partial charge in [0.05, 0.1) is 17.4 Å². The van der Waals surface area contributed by atoms with Gasteiger partial charge in [0.15, 0.2) is 0 Å². The molecule has 8 heteroatoms. The lowest BCUT2D eigenvalue weighted by Gasteiger charge is -2.10. The van der Waals surface area contributed by atoms with Gasteiger partial charge < -0.3 is 10.1 Å². The average Bonchev–Trinajstić information content (AvgIpc) is 3.08.